The second kappa shape index (κ2) is 5.90. The number of hydrogen-bond acceptors (Lipinski definition) is 5. The maximum atomic E-state index is 11.5. The lowest BCUT2D eigenvalue weighted by Crippen LogP contribution is -2.19. The van der Waals surface area contributed by atoms with Crippen LogP contribution in [0.1, 0.15) is 17.7 Å². The average Bonchev–Trinajstić information content (AvgIpc) is 3.23. The number of thiazole rings is 1. The van der Waals surface area contributed by atoms with E-state index in [0.29, 0.717) is 11.0 Å². The number of H-pyrrole nitrogens is 2. The first-order valence-corrected chi connectivity index (χ1v) is 8.73. The largest absolute Gasteiger partial charge is 0.378 e. The van der Waals surface area contributed by atoms with Gasteiger partial charge in [0, 0.05) is 24.2 Å². The van der Waals surface area contributed by atoms with Crippen molar-refractivity contribution >= 4 is 45.3 Å². The third-order valence-corrected chi connectivity index (χ3v) is 5.17. The van der Waals surface area contributed by atoms with Crippen LogP contribution in [0.2, 0.25) is 4.47 Å². The summed E-state index contributed by atoms with van der Waals surface area (Å²) in [6, 6.07) is 4.03. The molecule has 0 saturated carbocycles. The Kier molecular flexibility index (Phi) is 3.74. The van der Waals surface area contributed by atoms with Gasteiger partial charge in [-0.3, -0.25) is 0 Å². The van der Waals surface area contributed by atoms with Gasteiger partial charge in [0.1, 0.15) is 0 Å². The molecule has 1 aliphatic rings. The Morgan fingerprint density at radius 3 is 2.70 bits per heavy atom. The van der Waals surface area contributed by atoms with E-state index >= 15 is 0 Å². The number of nitrogens with zero attached hydrogens (tertiary/aromatic N) is 2. The number of nitrogens with one attached hydrogen (secondary N) is 3. The molecule has 0 aliphatic carbocycles. The first-order chi connectivity index (χ1) is 11.2. The summed E-state index contributed by atoms with van der Waals surface area (Å²) >= 11 is 7.35. The molecule has 1 aromatic carbocycles. The summed E-state index contributed by atoms with van der Waals surface area (Å²) in [4.78, 5) is 24.7. The molecule has 2 aromatic heterocycles. The zero-order valence-electron chi connectivity index (χ0n) is 12.4. The fraction of sp³-hybridized carbons (Fsp3) is 0.333. The molecule has 1 saturated heterocycles. The molecular weight excluding hydrogens is 334 g/mol. The van der Waals surface area contributed by atoms with Gasteiger partial charge in [0.2, 0.25) is 0 Å². The van der Waals surface area contributed by atoms with Crippen LogP contribution < -0.4 is 15.9 Å². The summed E-state index contributed by atoms with van der Waals surface area (Å²) in [5.41, 5.74) is 3.60. The molecule has 4 rings (SSSR count). The van der Waals surface area contributed by atoms with E-state index < -0.39 is 0 Å². The zero-order valence-corrected chi connectivity index (χ0v) is 13.9. The van der Waals surface area contributed by atoms with E-state index in [2.05, 4.69) is 25.2 Å². The summed E-state index contributed by atoms with van der Waals surface area (Å²) in [6.45, 7) is 2.74. The summed E-state index contributed by atoms with van der Waals surface area (Å²) in [7, 11) is 0. The van der Waals surface area contributed by atoms with Gasteiger partial charge in [0.25, 0.3) is 0 Å². The SMILES string of the molecule is O=c1[nH]c2cc(NCc3cnc(Cl)s3)c(N3CCCC3)cc2[nH]1. The first-order valence-electron chi connectivity index (χ1n) is 7.54. The lowest BCUT2D eigenvalue weighted by molar-refractivity contribution is 0.949. The molecule has 0 atom stereocenters. The minimum Gasteiger partial charge on any atom is -0.378 e. The third kappa shape index (κ3) is 2.94. The molecule has 8 heteroatoms. The molecule has 1 aliphatic heterocycles. The topological polar surface area (TPSA) is 76.8 Å². The Morgan fingerprint density at radius 1 is 1.26 bits per heavy atom. The number of fused-ring (bicyclic) bond motifs is 1. The molecule has 0 radical (unpaired) electrons. The van der Waals surface area contributed by atoms with Crippen LogP contribution in [0.5, 0.6) is 0 Å². The lowest BCUT2D eigenvalue weighted by Gasteiger charge is -2.22. The number of benzene rings is 1. The Hall–Kier alpha value is -1.99. The van der Waals surface area contributed by atoms with E-state index in [1.807, 2.05) is 12.1 Å². The van der Waals surface area contributed by atoms with Gasteiger partial charge in [0.15, 0.2) is 4.47 Å². The Balaban J connectivity index is 1.69. The minimum atomic E-state index is -0.182. The number of anilines is 2. The van der Waals surface area contributed by atoms with E-state index in [4.69, 9.17) is 11.6 Å². The number of imidazole rings is 1. The number of hydrogen-bond donors (Lipinski definition) is 3. The smallest absolute Gasteiger partial charge is 0.323 e. The van der Waals surface area contributed by atoms with Crippen LogP contribution in [0.4, 0.5) is 11.4 Å². The zero-order chi connectivity index (χ0) is 15.8. The van der Waals surface area contributed by atoms with Gasteiger partial charge in [-0.2, -0.15) is 0 Å². The highest BCUT2D eigenvalue weighted by Gasteiger charge is 2.17. The van der Waals surface area contributed by atoms with Crippen molar-refractivity contribution in [3.8, 4) is 0 Å². The second-order valence-corrected chi connectivity index (χ2v) is 7.32. The Morgan fingerprint density at radius 2 is 2.00 bits per heavy atom. The van der Waals surface area contributed by atoms with Crippen LogP contribution in [-0.2, 0) is 6.54 Å². The molecule has 120 valence electrons. The van der Waals surface area contributed by atoms with Crippen molar-refractivity contribution in [1.82, 2.24) is 15.0 Å². The highest BCUT2D eigenvalue weighted by molar-refractivity contribution is 7.15. The third-order valence-electron chi connectivity index (χ3n) is 4.06. The maximum Gasteiger partial charge on any atom is 0.323 e. The predicted octanol–water partition coefficient (Wildman–Crippen LogP) is 3.18. The van der Waals surface area contributed by atoms with Crippen molar-refractivity contribution in [2.45, 2.75) is 19.4 Å². The standard InChI is InChI=1S/C15H16ClN5OS/c16-14-18-8-9(23-14)7-17-12-5-10-11(20-15(22)19-10)6-13(12)21-3-1-2-4-21/h5-6,8,17H,1-4,7H2,(H2,19,20,22). The maximum absolute atomic E-state index is 11.5. The second-order valence-electron chi connectivity index (χ2n) is 5.62. The van der Waals surface area contributed by atoms with Gasteiger partial charge in [-0.05, 0) is 25.0 Å². The van der Waals surface area contributed by atoms with E-state index in [1.54, 1.807) is 6.20 Å². The molecule has 3 aromatic rings. The van der Waals surface area contributed by atoms with Gasteiger partial charge in [-0.15, -0.1) is 11.3 Å². The highest BCUT2D eigenvalue weighted by Crippen LogP contribution is 2.32. The molecular formula is C15H16ClN5OS. The van der Waals surface area contributed by atoms with Crippen molar-refractivity contribution < 1.29 is 0 Å². The number of aromatic nitrogens is 3. The van der Waals surface area contributed by atoms with E-state index in [9.17, 15) is 4.79 Å². The normalized spacial score (nSPS) is 14.7. The number of halogens is 1. The quantitative estimate of drug-likeness (QED) is 0.676. The molecule has 3 heterocycles. The van der Waals surface area contributed by atoms with Crippen molar-refractivity contribution in [2.75, 3.05) is 23.3 Å². The van der Waals surface area contributed by atoms with Crippen molar-refractivity contribution in [3.05, 3.63) is 38.2 Å². The molecule has 6 nitrogen and oxygen atoms in total. The molecule has 0 spiro atoms. The molecule has 23 heavy (non-hydrogen) atoms. The lowest BCUT2D eigenvalue weighted by atomic mass is 10.2. The van der Waals surface area contributed by atoms with Crippen LogP contribution in [0.25, 0.3) is 11.0 Å². The minimum absolute atomic E-state index is 0.182. The van der Waals surface area contributed by atoms with Crippen LogP contribution in [-0.4, -0.2) is 28.0 Å². The van der Waals surface area contributed by atoms with Gasteiger partial charge in [-0.1, -0.05) is 11.6 Å². The molecule has 3 N–H and O–H groups in total. The molecule has 0 amide bonds. The van der Waals surface area contributed by atoms with Crippen LogP contribution >= 0.6 is 22.9 Å². The van der Waals surface area contributed by atoms with Crippen LogP contribution in [0.3, 0.4) is 0 Å². The van der Waals surface area contributed by atoms with E-state index in [-0.39, 0.29) is 5.69 Å². The van der Waals surface area contributed by atoms with Crippen molar-refractivity contribution in [2.24, 2.45) is 0 Å². The van der Waals surface area contributed by atoms with Crippen molar-refractivity contribution in [3.63, 3.8) is 0 Å². The van der Waals surface area contributed by atoms with Gasteiger partial charge < -0.3 is 20.2 Å². The highest BCUT2D eigenvalue weighted by atomic mass is 35.5. The molecule has 1 fully saturated rings. The summed E-state index contributed by atoms with van der Waals surface area (Å²) < 4.78 is 0.548. The predicted molar refractivity (Wildman–Crippen MR) is 94.8 cm³/mol. The van der Waals surface area contributed by atoms with Crippen LogP contribution in [0, 0.1) is 0 Å². The van der Waals surface area contributed by atoms with Gasteiger partial charge in [0.05, 0.1) is 29.0 Å². The Bertz CT molecular complexity index is 893. The fourth-order valence-corrected chi connectivity index (χ4v) is 3.90. The van der Waals surface area contributed by atoms with Gasteiger partial charge >= 0.3 is 5.69 Å². The monoisotopic (exact) mass is 349 g/mol. The molecule has 0 unspecified atom stereocenters. The van der Waals surface area contributed by atoms with E-state index in [1.165, 1.54) is 24.2 Å². The van der Waals surface area contributed by atoms with Crippen LogP contribution in [0.15, 0.2) is 23.1 Å². The summed E-state index contributed by atoms with van der Waals surface area (Å²) in [6.07, 6.45) is 4.18. The number of rotatable bonds is 4. The summed E-state index contributed by atoms with van der Waals surface area (Å²) in [5, 5.41) is 3.46. The number of aromatic amines is 2. The summed E-state index contributed by atoms with van der Waals surface area (Å²) in [5.74, 6) is 0. The van der Waals surface area contributed by atoms with E-state index in [0.717, 1.165) is 40.4 Å². The fourth-order valence-electron chi connectivity index (χ4n) is 2.98. The first kappa shape index (κ1) is 14.6. The van der Waals surface area contributed by atoms with Crippen molar-refractivity contribution in [1.29, 1.82) is 0 Å². The average molecular weight is 350 g/mol. The molecule has 0 bridgehead atoms. The van der Waals surface area contributed by atoms with Gasteiger partial charge in [-0.25, -0.2) is 9.78 Å². The Labute approximate surface area is 141 Å².